The van der Waals surface area contributed by atoms with Crippen LogP contribution in [0.3, 0.4) is 0 Å². The summed E-state index contributed by atoms with van der Waals surface area (Å²) in [5.41, 5.74) is 0.866. The van der Waals surface area contributed by atoms with Gasteiger partial charge in [0.05, 0.1) is 18.5 Å². The van der Waals surface area contributed by atoms with Gasteiger partial charge in [0, 0.05) is 5.56 Å². The molecule has 0 atom stereocenters. The molecule has 0 saturated heterocycles. The topological polar surface area (TPSA) is 80.7 Å². The van der Waals surface area contributed by atoms with Gasteiger partial charge in [-0.3, -0.25) is 0 Å². The van der Waals surface area contributed by atoms with Gasteiger partial charge in [0.15, 0.2) is 5.84 Å². The molecule has 176 valence electrons. The number of carbonyl (C=O) groups is 2. The Morgan fingerprint density at radius 2 is 1.36 bits per heavy atom. The summed E-state index contributed by atoms with van der Waals surface area (Å²) < 4.78 is 16.6. The molecule has 0 unspecified atom stereocenters. The summed E-state index contributed by atoms with van der Waals surface area (Å²) in [6.45, 7) is 12.5. The first-order valence-corrected chi connectivity index (χ1v) is 10.7. The fourth-order valence-corrected chi connectivity index (χ4v) is 3.15. The number of carbonyl (C=O) groups excluding carboxylic acids is 2. The van der Waals surface area contributed by atoms with Crippen LogP contribution in [0.1, 0.15) is 52.7 Å². The van der Waals surface area contributed by atoms with Crippen molar-refractivity contribution in [2.75, 3.05) is 12.1 Å². The molecule has 8 heteroatoms. The number of hydrazine groups is 1. The van der Waals surface area contributed by atoms with Gasteiger partial charge in [-0.15, -0.1) is 0 Å². The normalized spacial score (nSPS) is 13.8. The Labute approximate surface area is 194 Å². The highest BCUT2D eigenvalue weighted by molar-refractivity contribution is 6.14. The monoisotopic (exact) mass is 453 g/mol. The second-order valence-corrected chi connectivity index (χ2v) is 9.74. The largest absolute Gasteiger partial charge is 0.497 e. The molecule has 1 aliphatic heterocycles. The zero-order chi connectivity index (χ0) is 24.6. The molecule has 1 aliphatic rings. The molecule has 0 saturated carbocycles. The lowest BCUT2D eigenvalue weighted by atomic mass is 10.1. The Balaban J connectivity index is 2.22. The number of methoxy groups -OCH3 is 1. The van der Waals surface area contributed by atoms with Crippen LogP contribution in [0.5, 0.6) is 5.75 Å². The number of rotatable bonds is 2. The Bertz CT molecular complexity index is 1080. The maximum absolute atomic E-state index is 13.4. The van der Waals surface area contributed by atoms with Gasteiger partial charge >= 0.3 is 12.2 Å². The molecule has 2 aromatic rings. The van der Waals surface area contributed by atoms with Gasteiger partial charge in [-0.1, -0.05) is 6.07 Å². The van der Waals surface area contributed by atoms with Crippen molar-refractivity contribution in [2.24, 2.45) is 4.99 Å². The minimum atomic E-state index is -0.797. The van der Waals surface area contributed by atoms with Gasteiger partial charge in [-0.2, -0.15) is 10.0 Å². The van der Waals surface area contributed by atoms with Crippen molar-refractivity contribution in [3.8, 4) is 5.75 Å². The number of nitrogens with zero attached hydrogens (tertiary/aromatic N) is 3. The quantitative estimate of drug-likeness (QED) is 0.558. The van der Waals surface area contributed by atoms with E-state index in [2.05, 4.69) is 0 Å². The maximum atomic E-state index is 13.4. The third-order valence-electron chi connectivity index (χ3n) is 4.47. The number of anilines is 1. The highest BCUT2D eigenvalue weighted by Crippen LogP contribution is 2.38. The highest BCUT2D eigenvalue weighted by Gasteiger charge is 2.41. The smallest absolute Gasteiger partial charge is 0.436 e. The fraction of sp³-hybridized carbons (Fsp3) is 0.400. The van der Waals surface area contributed by atoms with E-state index < -0.39 is 23.4 Å². The number of hydrogen-bond acceptors (Lipinski definition) is 6. The molecule has 0 aromatic heterocycles. The second-order valence-electron chi connectivity index (χ2n) is 9.74. The molecule has 0 N–H and O–H groups in total. The van der Waals surface area contributed by atoms with E-state index in [0.29, 0.717) is 22.7 Å². The van der Waals surface area contributed by atoms with E-state index in [-0.39, 0.29) is 5.84 Å². The molecule has 8 nitrogen and oxygen atoms in total. The number of hydrogen-bond donors (Lipinski definition) is 0. The van der Waals surface area contributed by atoms with E-state index in [1.54, 1.807) is 85.1 Å². The first-order valence-electron chi connectivity index (χ1n) is 10.7. The van der Waals surface area contributed by atoms with E-state index in [1.165, 1.54) is 5.01 Å². The van der Waals surface area contributed by atoms with Crippen LogP contribution >= 0.6 is 0 Å². The van der Waals surface area contributed by atoms with E-state index in [0.717, 1.165) is 10.6 Å². The van der Waals surface area contributed by atoms with Crippen LogP contribution in [-0.4, -0.2) is 41.3 Å². The zero-order valence-electron chi connectivity index (χ0n) is 20.4. The van der Waals surface area contributed by atoms with Gasteiger partial charge in [-0.25, -0.2) is 14.6 Å². The van der Waals surface area contributed by atoms with Crippen molar-refractivity contribution in [1.82, 2.24) is 5.01 Å². The molecule has 1 heterocycles. The number of aryl methyl sites for hydroxylation is 1. The molecule has 3 rings (SSSR count). The number of amides is 2. The number of fused-ring (bicyclic) bond motifs is 1. The van der Waals surface area contributed by atoms with Crippen LogP contribution < -0.4 is 9.75 Å². The van der Waals surface area contributed by atoms with E-state index in [9.17, 15) is 9.59 Å². The number of aliphatic imine (C=N–C) groups is 1. The van der Waals surface area contributed by atoms with Crippen LogP contribution in [0.15, 0.2) is 47.5 Å². The molecule has 33 heavy (non-hydrogen) atoms. The molecular weight excluding hydrogens is 422 g/mol. The lowest BCUT2D eigenvalue weighted by Crippen LogP contribution is -2.57. The van der Waals surface area contributed by atoms with Gasteiger partial charge < -0.3 is 14.2 Å². The first-order chi connectivity index (χ1) is 15.3. The predicted octanol–water partition coefficient (Wildman–Crippen LogP) is 5.99. The van der Waals surface area contributed by atoms with E-state index in [1.807, 2.05) is 13.0 Å². The van der Waals surface area contributed by atoms with Crippen molar-refractivity contribution < 1.29 is 23.8 Å². The average molecular weight is 454 g/mol. The zero-order valence-corrected chi connectivity index (χ0v) is 20.4. The van der Waals surface area contributed by atoms with Crippen molar-refractivity contribution in [3.63, 3.8) is 0 Å². The number of amidine groups is 1. The Kier molecular flexibility index (Phi) is 6.40. The van der Waals surface area contributed by atoms with Gasteiger partial charge in [0.2, 0.25) is 0 Å². The van der Waals surface area contributed by atoms with E-state index in [4.69, 9.17) is 19.2 Å². The van der Waals surface area contributed by atoms with Crippen LogP contribution in [0, 0.1) is 6.92 Å². The predicted molar refractivity (Wildman–Crippen MR) is 127 cm³/mol. The summed E-state index contributed by atoms with van der Waals surface area (Å²) >= 11 is 0. The minimum absolute atomic E-state index is 0.231. The standard InChI is InChI=1S/C25H31N3O5/c1-16-9-14-19-20(15-16)27(22(29)32-24(2,3)4)28(23(30)33-25(5,6)7)21(26-19)17-10-12-18(31-8)13-11-17/h9-15H,1-8H3. The van der Waals surface area contributed by atoms with E-state index >= 15 is 0 Å². The minimum Gasteiger partial charge on any atom is -0.497 e. The molecule has 2 aromatic carbocycles. The first kappa shape index (κ1) is 24.1. The Morgan fingerprint density at radius 3 is 1.88 bits per heavy atom. The lowest BCUT2D eigenvalue weighted by molar-refractivity contribution is 0.0256. The number of ether oxygens (including phenoxy) is 3. The summed E-state index contributed by atoms with van der Waals surface area (Å²) in [6.07, 6.45) is -1.48. The molecule has 0 bridgehead atoms. The highest BCUT2D eigenvalue weighted by atomic mass is 16.6. The third-order valence-corrected chi connectivity index (χ3v) is 4.47. The third kappa shape index (κ3) is 5.63. The van der Waals surface area contributed by atoms with Gasteiger partial charge in [0.25, 0.3) is 0 Å². The van der Waals surface area contributed by atoms with Crippen LogP contribution in [0.25, 0.3) is 0 Å². The second kappa shape index (κ2) is 8.77. The van der Waals surface area contributed by atoms with Crippen LogP contribution in [0.2, 0.25) is 0 Å². The Hall–Kier alpha value is -3.55. The van der Waals surface area contributed by atoms with Crippen molar-refractivity contribution >= 4 is 29.4 Å². The van der Waals surface area contributed by atoms with Gasteiger partial charge in [-0.05, 0) is 90.4 Å². The molecule has 0 radical (unpaired) electrons. The van der Waals surface area contributed by atoms with Crippen molar-refractivity contribution in [3.05, 3.63) is 53.6 Å². The summed E-state index contributed by atoms with van der Waals surface area (Å²) in [6, 6.07) is 12.5. The van der Waals surface area contributed by atoms with Gasteiger partial charge in [0.1, 0.15) is 17.0 Å². The van der Waals surface area contributed by atoms with Crippen LogP contribution in [-0.2, 0) is 9.47 Å². The molecular formula is C25H31N3O5. The fourth-order valence-electron chi connectivity index (χ4n) is 3.15. The summed E-state index contributed by atoms with van der Waals surface area (Å²) in [7, 11) is 1.57. The summed E-state index contributed by atoms with van der Waals surface area (Å²) in [4.78, 5) is 31.6. The SMILES string of the molecule is COc1ccc(C2=Nc3ccc(C)cc3N(C(=O)OC(C)(C)C)N2C(=O)OC(C)(C)C)cc1. The average Bonchev–Trinajstić information content (AvgIpc) is 2.69. The van der Waals surface area contributed by atoms with Crippen molar-refractivity contribution in [1.29, 1.82) is 0 Å². The maximum Gasteiger partial charge on any atom is 0.436 e. The molecule has 0 spiro atoms. The molecule has 2 amide bonds. The molecule has 0 fully saturated rings. The summed E-state index contributed by atoms with van der Waals surface area (Å²) in [5.74, 6) is 0.883. The summed E-state index contributed by atoms with van der Waals surface area (Å²) in [5, 5.41) is 2.32. The molecule has 0 aliphatic carbocycles. The Morgan fingerprint density at radius 1 is 0.818 bits per heavy atom. The number of benzene rings is 2. The van der Waals surface area contributed by atoms with Crippen LogP contribution in [0.4, 0.5) is 21.0 Å². The lowest BCUT2D eigenvalue weighted by Gasteiger charge is -2.39. The van der Waals surface area contributed by atoms with Crippen molar-refractivity contribution in [2.45, 2.75) is 59.7 Å².